The van der Waals surface area contributed by atoms with Crippen molar-refractivity contribution in [2.45, 2.75) is 19.9 Å². The van der Waals surface area contributed by atoms with Gasteiger partial charge in [-0.3, -0.25) is 9.59 Å². The number of hydrogen-bond donors (Lipinski definition) is 2. The number of carboxylic acids is 1. The van der Waals surface area contributed by atoms with Gasteiger partial charge in [-0.15, -0.1) is 0 Å². The molecule has 90 valence electrons. The molecule has 17 heavy (non-hydrogen) atoms. The van der Waals surface area contributed by atoms with Crippen LogP contribution in [-0.4, -0.2) is 17.0 Å². The highest BCUT2D eigenvalue weighted by Crippen LogP contribution is 2.38. The first-order valence-corrected chi connectivity index (χ1v) is 5.64. The van der Waals surface area contributed by atoms with Crippen LogP contribution in [0, 0.1) is 18.8 Å². The Morgan fingerprint density at radius 2 is 2.18 bits per heavy atom. The van der Waals surface area contributed by atoms with E-state index < -0.39 is 11.9 Å². The van der Waals surface area contributed by atoms with Gasteiger partial charge in [0.2, 0.25) is 5.91 Å². The molecule has 2 N–H and O–H groups in total. The first-order valence-electron chi connectivity index (χ1n) is 5.64. The van der Waals surface area contributed by atoms with Gasteiger partial charge in [0.25, 0.3) is 0 Å². The fourth-order valence-electron chi connectivity index (χ4n) is 1.90. The van der Waals surface area contributed by atoms with E-state index in [-0.39, 0.29) is 11.8 Å². The fraction of sp³-hybridized carbons (Fsp3) is 0.385. The Balaban J connectivity index is 1.83. The van der Waals surface area contributed by atoms with E-state index in [1.165, 1.54) is 0 Å². The van der Waals surface area contributed by atoms with Crippen LogP contribution in [0.15, 0.2) is 24.3 Å². The van der Waals surface area contributed by atoms with Crippen LogP contribution in [-0.2, 0) is 16.1 Å². The quantitative estimate of drug-likeness (QED) is 0.824. The van der Waals surface area contributed by atoms with Crippen LogP contribution in [0.1, 0.15) is 17.5 Å². The molecule has 0 saturated heterocycles. The molecule has 2 atom stereocenters. The van der Waals surface area contributed by atoms with Crippen LogP contribution < -0.4 is 5.32 Å². The van der Waals surface area contributed by atoms with E-state index in [2.05, 4.69) is 5.32 Å². The Kier molecular flexibility index (Phi) is 3.13. The van der Waals surface area contributed by atoms with Crippen molar-refractivity contribution in [2.75, 3.05) is 0 Å². The normalized spacial score (nSPS) is 21.9. The van der Waals surface area contributed by atoms with Crippen molar-refractivity contribution in [2.24, 2.45) is 11.8 Å². The Hall–Kier alpha value is -1.84. The van der Waals surface area contributed by atoms with Crippen molar-refractivity contribution in [1.82, 2.24) is 5.32 Å². The maximum Gasteiger partial charge on any atom is 0.307 e. The van der Waals surface area contributed by atoms with Gasteiger partial charge in [0, 0.05) is 6.54 Å². The zero-order valence-electron chi connectivity index (χ0n) is 9.64. The fourth-order valence-corrected chi connectivity index (χ4v) is 1.90. The molecule has 1 amide bonds. The van der Waals surface area contributed by atoms with Crippen molar-refractivity contribution in [1.29, 1.82) is 0 Å². The summed E-state index contributed by atoms with van der Waals surface area (Å²) in [6, 6.07) is 7.87. The molecular formula is C13H15NO3. The number of hydrogen-bond acceptors (Lipinski definition) is 2. The molecule has 0 aromatic heterocycles. The van der Waals surface area contributed by atoms with Crippen molar-refractivity contribution < 1.29 is 14.7 Å². The van der Waals surface area contributed by atoms with Crippen molar-refractivity contribution in [3.05, 3.63) is 35.4 Å². The first-order chi connectivity index (χ1) is 8.08. The van der Waals surface area contributed by atoms with Crippen molar-refractivity contribution in [3.8, 4) is 0 Å². The summed E-state index contributed by atoms with van der Waals surface area (Å²) in [6.45, 7) is 2.45. The number of carbonyl (C=O) groups excluding carboxylic acids is 1. The molecule has 1 saturated carbocycles. The monoisotopic (exact) mass is 233 g/mol. The molecule has 0 unspecified atom stereocenters. The number of amides is 1. The SMILES string of the molecule is Cc1cccc(CNC(=O)[C@H]2C[C@H]2C(=O)O)c1. The van der Waals surface area contributed by atoms with Crippen LogP contribution >= 0.6 is 0 Å². The summed E-state index contributed by atoms with van der Waals surface area (Å²) >= 11 is 0. The number of aryl methyl sites for hydroxylation is 1. The van der Waals surface area contributed by atoms with Gasteiger partial charge in [-0.2, -0.15) is 0 Å². The number of carbonyl (C=O) groups is 2. The molecule has 0 heterocycles. The summed E-state index contributed by atoms with van der Waals surface area (Å²) in [5, 5.41) is 11.5. The summed E-state index contributed by atoms with van der Waals surface area (Å²) in [4.78, 5) is 22.2. The average Bonchev–Trinajstić information content (AvgIpc) is 3.06. The van der Waals surface area contributed by atoms with Gasteiger partial charge in [-0.05, 0) is 18.9 Å². The average molecular weight is 233 g/mol. The molecule has 1 fully saturated rings. The lowest BCUT2D eigenvalue weighted by Crippen LogP contribution is -2.25. The number of rotatable bonds is 4. The molecule has 1 aromatic carbocycles. The third-order valence-corrected chi connectivity index (χ3v) is 2.99. The van der Waals surface area contributed by atoms with Crippen LogP contribution in [0.25, 0.3) is 0 Å². The molecule has 1 aliphatic rings. The minimum Gasteiger partial charge on any atom is -0.481 e. The first kappa shape index (κ1) is 11.6. The zero-order valence-corrected chi connectivity index (χ0v) is 9.64. The van der Waals surface area contributed by atoms with E-state index in [9.17, 15) is 9.59 Å². The highest BCUT2D eigenvalue weighted by atomic mass is 16.4. The second-order valence-electron chi connectivity index (χ2n) is 4.49. The Morgan fingerprint density at radius 1 is 1.41 bits per heavy atom. The lowest BCUT2D eigenvalue weighted by Gasteiger charge is -2.05. The van der Waals surface area contributed by atoms with Crippen LogP contribution in [0.5, 0.6) is 0 Å². The second kappa shape index (κ2) is 4.57. The predicted molar refractivity (Wildman–Crippen MR) is 62.3 cm³/mol. The van der Waals surface area contributed by atoms with E-state index in [1.54, 1.807) is 0 Å². The van der Waals surface area contributed by atoms with Gasteiger partial charge in [-0.25, -0.2) is 0 Å². The standard InChI is InChI=1S/C13H15NO3/c1-8-3-2-4-9(5-8)7-14-12(15)10-6-11(10)13(16)17/h2-5,10-11H,6-7H2,1H3,(H,14,15)(H,16,17)/t10-,11+/m0/s1. The summed E-state index contributed by atoms with van der Waals surface area (Å²) in [5.41, 5.74) is 2.18. The summed E-state index contributed by atoms with van der Waals surface area (Å²) in [7, 11) is 0. The third-order valence-electron chi connectivity index (χ3n) is 2.99. The lowest BCUT2D eigenvalue weighted by molar-refractivity contribution is -0.140. The van der Waals surface area contributed by atoms with E-state index in [0.29, 0.717) is 13.0 Å². The highest BCUT2D eigenvalue weighted by Gasteiger charge is 2.48. The van der Waals surface area contributed by atoms with Gasteiger partial charge in [-0.1, -0.05) is 29.8 Å². The molecule has 0 bridgehead atoms. The Morgan fingerprint density at radius 3 is 2.76 bits per heavy atom. The summed E-state index contributed by atoms with van der Waals surface area (Å²) < 4.78 is 0. The Bertz CT molecular complexity index is 456. The number of benzene rings is 1. The number of aliphatic carboxylic acids is 1. The third kappa shape index (κ3) is 2.84. The molecule has 0 radical (unpaired) electrons. The summed E-state index contributed by atoms with van der Waals surface area (Å²) in [5.74, 6) is -1.84. The van der Waals surface area contributed by atoms with Gasteiger partial charge >= 0.3 is 5.97 Å². The van der Waals surface area contributed by atoms with Gasteiger partial charge < -0.3 is 10.4 Å². The molecular weight excluding hydrogens is 218 g/mol. The highest BCUT2D eigenvalue weighted by molar-refractivity contribution is 5.89. The van der Waals surface area contributed by atoms with E-state index in [0.717, 1.165) is 11.1 Å². The van der Waals surface area contributed by atoms with Crippen LogP contribution in [0.2, 0.25) is 0 Å². The Labute approximate surface area is 99.6 Å². The van der Waals surface area contributed by atoms with E-state index in [4.69, 9.17) is 5.11 Å². The van der Waals surface area contributed by atoms with E-state index in [1.807, 2.05) is 31.2 Å². The molecule has 1 aliphatic carbocycles. The van der Waals surface area contributed by atoms with Gasteiger partial charge in [0.05, 0.1) is 11.8 Å². The second-order valence-corrected chi connectivity index (χ2v) is 4.49. The van der Waals surface area contributed by atoms with Crippen molar-refractivity contribution in [3.63, 3.8) is 0 Å². The molecule has 0 aliphatic heterocycles. The minimum atomic E-state index is -0.874. The number of nitrogens with one attached hydrogen (secondary N) is 1. The van der Waals surface area contributed by atoms with Crippen LogP contribution in [0.3, 0.4) is 0 Å². The smallest absolute Gasteiger partial charge is 0.307 e. The van der Waals surface area contributed by atoms with E-state index >= 15 is 0 Å². The van der Waals surface area contributed by atoms with Crippen LogP contribution in [0.4, 0.5) is 0 Å². The topological polar surface area (TPSA) is 66.4 Å². The van der Waals surface area contributed by atoms with Crippen molar-refractivity contribution >= 4 is 11.9 Å². The largest absolute Gasteiger partial charge is 0.481 e. The molecule has 2 rings (SSSR count). The molecule has 4 heteroatoms. The molecule has 4 nitrogen and oxygen atoms in total. The van der Waals surface area contributed by atoms with Gasteiger partial charge in [0.15, 0.2) is 0 Å². The lowest BCUT2D eigenvalue weighted by atomic mass is 10.1. The number of carboxylic acid groups (broad SMARTS) is 1. The maximum atomic E-state index is 11.6. The molecule has 0 spiro atoms. The minimum absolute atomic E-state index is 0.154. The predicted octanol–water partition coefficient (Wildman–Crippen LogP) is 1.33. The zero-order chi connectivity index (χ0) is 12.4. The maximum absolute atomic E-state index is 11.6. The van der Waals surface area contributed by atoms with Gasteiger partial charge in [0.1, 0.15) is 0 Å². The molecule has 1 aromatic rings. The summed E-state index contributed by atoms with van der Waals surface area (Å²) in [6.07, 6.45) is 0.467.